The molecule has 0 unspecified atom stereocenters. The molecule has 0 aliphatic carbocycles. The van der Waals surface area contributed by atoms with E-state index in [1.165, 1.54) is 11.1 Å². The molecule has 0 bridgehead atoms. The summed E-state index contributed by atoms with van der Waals surface area (Å²) in [6.45, 7) is 0. The molecule has 0 radical (unpaired) electrons. The third-order valence-electron chi connectivity index (χ3n) is 6.64. The van der Waals surface area contributed by atoms with Gasteiger partial charge >= 0.3 is 0 Å². The first-order valence-electron chi connectivity index (χ1n) is 12.5. The predicted molar refractivity (Wildman–Crippen MR) is 148 cm³/mol. The van der Waals surface area contributed by atoms with Crippen LogP contribution in [0.25, 0.3) is 0 Å². The van der Waals surface area contributed by atoms with E-state index < -0.39 is 0 Å². The lowest BCUT2D eigenvalue weighted by Crippen LogP contribution is -1.95. The molecule has 5 rings (SSSR count). The highest BCUT2D eigenvalue weighted by Gasteiger charge is 2.08. The summed E-state index contributed by atoms with van der Waals surface area (Å²) in [7, 11) is 0. The van der Waals surface area contributed by atoms with Crippen LogP contribution in [0.5, 0.6) is 17.2 Å². The van der Waals surface area contributed by atoms with E-state index in [9.17, 15) is 15.3 Å². The standard InChI is InChI=1S/C34H30O3/c35-32-12-5-10-28(22-32)18-24-6-3-9-27(16-24)21-31-15-14-29(23-34(31)37)19-25-7-4-8-26(17-25)20-30-11-1-2-13-33(30)36/h1-17,22-23,35-37H,18-21H2. The van der Waals surface area contributed by atoms with Crippen LogP contribution < -0.4 is 0 Å². The third-order valence-corrected chi connectivity index (χ3v) is 6.64. The van der Waals surface area contributed by atoms with E-state index in [0.29, 0.717) is 24.3 Å². The van der Waals surface area contributed by atoms with Crippen molar-refractivity contribution < 1.29 is 15.3 Å². The van der Waals surface area contributed by atoms with Gasteiger partial charge in [0.15, 0.2) is 0 Å². The van der Waals surface area contributed by atoms with Crippen molar-refractivity contribution in [3.05, 3.63) is 160 Å². The van der Waals surface area contributed by atoms with Crippen LogP contribution in [-0.2, 0) is 25.7 Å². The lowest BCUT2D eigenvalue weighted by molar-refractivity contribution is 0.468. The first-order valence-corrected chi connectivity index (χ1v) is 12.5. The maximum absolute atomic E-state index is 10.8. The summed E-state index contributed by atoms with van der Waals surface area (Å²) in [6.07, 6.45) is 2.79. The minimum Gasteiger partial charge on any atom is -0.508 e. The molecule has 184 valence electrons. The zero-order valence-corrected chi connectivity index (χ0v) is 20.6. The summed E-state index contributed by atoms with van der Waals surface area (Å²) in [5.74, 6) is 0.903. The van der Waals surface area contributed by atoms with E-state index in [2.05, 4.69) is 42.5 Å². The molecule has 0 fully saturated rings. The number of rotatable bonds is 8. The van der Waals surface area contributed by atoms with E-state index in [0.717, 1.165) is 46.2 Å². The molecule has 5 aromatic carbocycles. The highest BCUT2D eigenvalue weighted by molar-refractivity contribution is 5.43. The predicted octanol–water partition coefficient (Wildman–Crippen LogP) is 7.17. The Morgan fingerprint density at radius 1 is 0.351 bits per heavy atom. The van der Waals surface area contributed by atoms with Crippen molar-refractivity contribution in [1.82, 2.24) is 0 Å². The van der Waals surface area contributed by atoms with Gasteiger partial charge in [0.25, 0.3) is 0 Å². The molecule has 37 heavy (non-hydrogen) atoms. The summed E-state index contributed by atoms with van der Waals surface area (Å²) in [4.78, 5) is 0. The van der Waals surface area contributed by atoms with Gasteiger partial charge in [0.05, 0.1) is 0 Å². The zero-order chi connectivity index (χ0) is 25.6. The SMILES string of the molecule is Oc1cccc(Cc2cccc(Cc3ccc(Cc4cccc(Cc5ccccc5O)c4)cc3O)c2)c1. The third kappa shape index (κ3) is 6.39. The van der Waals surface area contributed by atoms with Crippen molar-refractivity contribution in [1.29, 1.82) is 0 Å². The fourth-order valence-corrected chi connectivity index (χ4v) is 4.81. The Labute approximate surface area is 218 Å². The highest BCUT2D eigenvalue weighted by Crippen LogP contribution is 2.26. The van der Waals surface area contributed by atoms with Gasteiger partial charge in [-0.15, -0.1) is 0 Å². The molecule has 0 heterocycles. The number of phenols is 3. The molecule has 3 heteroatoms. The fraction of sp³-hybridized carbons (Fsp3) is 0.118. The van der Waals surface area contributed by atoms with E-state index in [1.807, 2.05) is 54.6 Å². The average Bonchev–Trinajstić information content (AvgIpc) is 2.88. The molecule has 0 saturated heterocycles. The van der Waals surface area contributed by atoms with Gasteiger partial charge in [-0.05, 0) is 81.6 Å². The average molecular weight is 487 g/mol. The second-order valence-corrected chi connectivity index (χ2v) is 9.61. The zero-order valence-electron chi connectivity index (χ0n) is 20.6. The summed E-state index contributed by atoms with van der Waals surface area (Å²) in [5.41, 5.74) is 8.54. The minimum absolute atomic E-state index is 0.279. The van der Waals surface area contributed by atoms with Crippen LogP contribution in [0.2, 0.25) is 0 Å². The molecule has 5 aromatic rings. The molecule has 0 atom stereocenters. The molecule has 0 aliphatic rings. The van der Waals surface area contributed by atoms with Gasteiger partial charge in [-0.2, -0.15) is 0 Å². The molecule has 0 amide bonds. The monoisotopic (exact) mass is 486 g/mol. The van der Waals surface area contributed by atoms with Gasteiger partial charge in [0, 0.05) is 12.8 Å². The molecular weight excluding hydrogens is 456 g/mol. The molecule has 0 saturated carbocycles. The van der Waals surface area contributed by atoms with Crippen molar-refractivity contribution in [2.75, 3.05) is 0 Å². The Hall–Kier alpha value is -4.50. The van der Waals surface area contributed by atoms with Gasteiger partial charge < -0.3 is 15.3 Å². The lowest BCUT2D eigenvalue weighted by atomic mass is 9.96. The summed E-state index contributed by atoms with van der Waals surface area (Å²) < 4.78 is 0. The van der Waals surface area contributed by atoms with Crippen molar-refractivity contribution in [2.45, 2.75) is 25.7 Å². The Kier molecular flexibility index (Phi) is 7.23. The van der Waals surface area contributed by atoms with Crippen LogP contribution in [0.4, 0.5) is 0 Å². The second kappa shape index (κ2) is 11.0. The Morgan fingerprint density at radius 2 is 0.838 bits per heavy atom. The number of para-hydroxylation sites is 1. The second-order valence-electron chi connectivity index (χ2n) is 9.61. The fourth-order valence-electron chi connectivity index (χ4n) is 4.81. The van der Waals surface area contributed by atoms with Crippen LogP contribution in [0, 0.1) is 0 Å². The van der Waals surface area contributed by atoms with Gasteiger partial charge in [-0.1, -0.05) is 91.0 Å². The van der Waals surface area contributed by atoms with Crippen LogP contribution in [0.3, 0.4) is 0 Å². The Morgan fingerprint density at radius 3 is 1.41 bits per heavy atom. The number of aromatic hydroxyl groups is 3. The molecule has 0 spiro atoms. The van der Waals surface area contributed by atoms with Gasteiger partial charge in [0.2, 0.25) is 0 Å². The highest BCUT2D eigenvalue weighted by atomic mass is 16.3. The van der Waals surface area contributed by atoms with Crippen LogP contribution in [0.15, 0.2) is 115 Å². The van der Waals surface area contributed by atoms with E-state index in [1.54, 1.807) is 18.2 Å². The number of phenolic OH excluding ortho intramolecular Hbond substituents is 3. The van der Waals surface area contributed by atoms with Gasteiger partial charge in [-0.3, -0.25) is 0 Å². The maximum Gasteiger partial charge on any atom is 0.119 e. The van der Waals surface area contributed by atoms with Crippen LogP contribution >= 0.6 is 0 Å². The lowest BCUT2D eigenvalue weighted by Gasteiger charge is -2.11. The normalized spacial score (nSPS) is 10.9. The smallest absolute Gasteiger partial charge is 0.119 e. The van der Waals surface area contributed by atoms with Crippen LogP contribution in [-0.4, -0.2) is 15.3 Å². The van der Waals surface area contributed by atoms with Crippen molar-refractivity contribution in [3.8, 4) is 17.2 Å². The van der Waals surface area contributed by atoms with Crippen molar-refractivity contribution >= 4 is 0 Å². The molecule has 0 aliphatic heterocycles. The largest absolute Gasteiger partial charge is 0.508 e. The van der Waals surface area contributed by atoms with Gasteiger partial charge in [-0.25, -0.2) is 0 Å². The Balaban J connectivity index is 1.26. The summed E-state index contributed by atoms with van der Waals surface area (Å²) >= 11 is 0. The number of hydrogen-bond donors (Lipinski definition) is 3. The van der Waals surface area contributed by atoms with Gasteiger partial charge in [0.1, 0.15) is 17.2 Å². The first kappa shape index (κ1) is 24.2. The van der Waals surface area contributed by atoms with Crippen molar-refractivity contribution in [3.63, 3.8) is 0 Å². The Bertz CT molecular complexity index is 1520. The summed E-state index contributed by atoms with van der Waals surface area (Å²) in [5, 5.41) is 30.6. The molecule has 0 aromatic heterocycles. The number of hydrogen-bond acceptors (Lipinski definition) is 3. The quantitative estimate of drug-likeness (QED) is 0.218. The molecule has 3 nitrogen and oxygen atoms in total. The number of benzene rings is 5. The summed E-state index contributed by atoms with van der Waals surface area (Å²) in [6, 6.07) is 37.5. The van der Waals surface area contributed by atoms with Crippen molar-refractivity contribution in [2.24, 2.45) is 0 Å². The topological polar surface area (TPSA) is 60.7 Å². The van der Waals surface area contributed by atoms with Crippen LogP contribution in [0.1, 0.15) is 44.5 Å². The first-order chi connectivity index (χ1) is 18.0. The maximum atomic E-state index is 10.8. The van der Waals surface area contributed by atoms with E-state index in [-0.39, 0.29) is 5.75 Å². The van der Waals surface area contributed by atoms with E-state index in [4.69, 9.17) is 0 Å². The van der Waals surface area contributed by atoms with E-state index >= 15 is 0 Å². The molecule has 3 N–H and O–H groups in total. The molecular formula is C34H30O3. The minimum atomic E-state index is 0.279.